The smallest absolute Gasteiger partial charge is 0.123 e. The minimum absolute atomic E-state index is 0.212. The highest BCUT2D eigenvalue weighted by Gasteiger charge is 1.94. The number of benzene rings is 1. The summed E-state index contributed by atoms with van der Waals surface area (Å²) in [6.07, 6.45) is 4.97. The van der Waals surface area contributed by atoms with Crippen molar-refractivity contribution in [2.45, 2.75) is 27.2 Å². The van der Waals surface area contributed by atoms with Crippen LogP contribution in [0.3, 0.4) is 0 Å². The topological polar surface area (TPSA) is 0 Å². The summed E-state index contributed by atoms with van der Waals surface area (Å²) in [5.74, 6) is -0.212. The molecule has 0 nitrogen and oxygen atoms in total. The largest absolute Gasteiger partial charge is 0.207 e. The van der Waals surface area contributed by atoms with Gasteiger partial charge in [-0.25, -0.2) is 4.39 Å². The Labute approximate surface area is 92.1 Å². The predicted molar refractivity (Wildman–Crippen MR) is 66.2 cm³/mol. The Morgan fingerprint density at radius 2 is 1.80 bits per heavy atom. The third-order valence-corrected chi connectivity index (χ3v) is 1.77. The maximum absolute atomic E-state index is 12.6. The average Bonchev–Trinajstić information content (AvgIpc) is 2.29. The molecule has 1 aromatic rings. The quantitative estimate of drug-likeness (QED) is 0.621. The van der Waals surface area contributed by atoms with Gasteiger partial charge in [-0.05, 0) is 29.7 Å². The van der Waals surface area contributed by atoms with E-state index in [1.807, 2.05) is 26.0 Å². The van der Waals surface area contributed by atoms with Crippen LogP contribution in [0.5, 0.6) is 0 Å². The molecule has 1 aromatic carbocycles. The second kappa shape index (κ2) is 7.98. The molecule has 0 heterocycles. The van der Waals surface area contributed by atoms with Crippen molar-refractivity contribution in [3.05, 3.63) is 54.4 Å². The Morgan fingerprint density at radius 1 is 1.27 bits per heavy atom. The summed E-state index contributed by atoms with van der Waals surface area (Å²) in [5, 5.41) is 0. The monoisotopic (exact) mass is 206 g/mol. The van der Waals surface area contributed by atoms with Crippen molar-refractivity contribution in [2.75, 3.05) is 0 Å². The van der Waals surface area contributed by atoms with Crippen molar-refractivity contribution in [3.8, 4) is 0 Å². The Kier molecular flexibility index (Phi) is 7.25. The molecule has 0 spiro atoms. The number of halogens is 1. The molecule has 0 fully saturated rings. The molecule has 0 aliphatic rings. The summed E-state index contributed by atoms with van der Waals surface area (Å²) in [6, 6.07) is 6.36. The van der Waals surface area contributed by atoms with Gasteiger partial charge in [-0.3, -0.25) is 0 Å². The van der Waals surface area contributed by atoms with Gasteiger partial charge in [-0.15, -0.1) is 0 Å². The molecule has 82 valence electrons. The van der Waals surface area contributed by atoms with Gasteiger partial charge in [0, 0.05) is 0 Å². The molecule has 0 saturated heterocycles. The molecule has 1 heteroatoms. The molecule has 0 amide bonds. The highest BCUT2D eigenvalue weighted by Crippen LogP contribution is 2.14. The number of rotatable bonds is 3. The van der Waals surface area contributed by atoms with Crippen molar-refractivity contribution in [1.29, 1.82) is 0 Å². The van der Waals surface area contributed by atoms with Crippen molar-refractivity contribution < 1.29 is 4.39 Å². The highest BCUT2D eigenvalue weighted by atomic mass is 19.1. The Balaban J connectivity index is 0.000000921. The van der Waals surface area contributed by atoms with E-state index in [-0.39, 0.29) is 5.82 Å². The van der Waals surface area contributed by atoms with Crippen LogP contribution in [0.15, 0.2) is 43.0 Å². The maximum Gasteiger partial charge on any atom is 0.123 e. The van der Waals surface area contributed by atoms with E-state index < -0.39 is 0 Å². The molecule has 0 unspecified atom stereocenters. The lowest BCUT2D eigenvalue weighted by Gasteiger charge is -1.99. The van der Waals surface area contributed by atoms with Crippen LogP contribution in [0.1, 0.15) is 32.8 Å². The molecule has 0 aliphatic heterocycles. The highest BCUT2D eigenvalue weighted by molar-refractivity contribution is 5.71. The van der Waals surface area contributed by atoms with Gasteiger partial charge in [0.25, 0.3) is 0 Å². The van der Waals surface area contributed by atoms with E-state index in [4.69, 9.17) is 0 Å². The van der Waals surface area contributed by atoms with Crippen molar-refractivity contribution in [1.82, 2.24) is 0 Å². The first kappa shape index (κ1) is 13.6. The van der Waals surface area contributed by atoms with Crippen LogP contribution in [0.4, 0.5) is 4.39 Å². The van der Waals surface area contributed by atoms with E-state index in [0.717, 1.165) is 17.6 Å². The number of hydrogen-bond acceptors (Lipinski definition) is 0. The summed E-state index contributed by atoms with van der Waals surface area (Å²) in [6.45, 7) is 9.95. The number of allylic oxidation sites excluding steroid dienone is 3. The van der Waals surface area contributed by atoms with Crippen LogP contribution in [0, 0.1) is 5.82 Å². The minimum atomic E-state index is -0.212. The fourth-order valence-corrected chi connectivity index (χ4v) is 1.02. The lowest BCUT2D eigenvalue weighted by Crippen LogP contribution is -1.79. The van der Waals surface area contributed by atoms with Crippen LogP contribution < -0.4 is 0 Å². The summed E-state index contributed by atoms with van der Waals surface area (Å²) in [5.41, 5.74) is 1.88. The third-order valence-electron chi connectivity index (χ3n) is 1.77. The molecule has 0 saturated carbocycles. The minimum Gasteiger partial charge on any atom is -0.207 e. The van der Waals surface area contributed by atoms with Gasteiger partial charge in [0.05, 0.1) is 0 Å². The first-order chi connectivity index (χ1) is 7.24. The first-order valence-corrected chi connectivity index (χ1v) is 5.35. The lowest BCUT2D eigenvalue weighted by atomic mass is 10.1. The van der Waals surface area contributed by atoms with Crippen molar-refractivity contribution in [3.63, 3.8) is 0 Å². The van der Waals surface area contributed by atoms with Crippen molar-refractivity contribution in [2.24, 2.45) is 0 Å². The van der Waals surface area contributed by atoms with E-state index in [1.165, 1.54) is 12.1 Å². The van der Waals surface area contributed by atoms with Gasteiger partial charge in [0.2, 0.25) is 0 Å². The summed E-state index contributed by atoms with van der Waals surface area (Å²) in [7, 11) is 0. The second-order valence-corrected chi connectivity index (χ2v) is 2.84. The normalized spacial score (nSPS) is 9.60. The molecule has 0 aliphatic carbocycles. The molecule has 0 bridgehead atoms. The van der Waals surface area contributed by atoms with Gasteiger partial charge in [-0.1, -0.05) is 51.6 Å². The third kappa shape index (κ3) is 5.16. The van der Waals surface area contributed by atoms with E-state index >= 15 is 0 Å². The van der Waals surface area contributed by atoms with Gasteiger partial charge in [0.1, 0.15) is 5.82 Å². The fourth-order valence-electron chi connectivity index (χ4n) is 1.02. The molecule has 1 rings (SSSR count). The first-order valence-electron chi connectivity index (χ1n) is 5.35. The summed E-state index contributed by atoms with van der Waals surface area (Å²) >= 11 is 0. The average molecular weight is 206 g/mol. The molecule has 0 N–H and O–H groups in total. The van der Waals surface area contributed by atoms with Crippen LogP contribution in [-0.4, -0.2) is 0 Å². The Hall–Kier alpha value is -1.37. The molecular formula is C14H19F. The van der Waals surface area contributed by atoms with Gasteiger partial charge in [0.15, 0.2) is 0 Å². The Morgan fingerprint density at radius 3 is 2.27 bits per heavy atom. The van der Waals surface area contributed by atoms with E-state index in [0.29, 0.717) is 0 Å². The molecule has 0 atom stereocenters. The zero-order chi connectivity index (χ0) is 11.7. The summed E-state index contributed by atoms with van der Waals surface area (Å²) < 4.78 is 12.6. The molecule has 0 aromatic heterocycles. The number of hydrogen-bond donors (Lipinski definition) is 0. The van der Waals surface area contributed by atoms with Crippen LogP contribution in [0.25, 0.3) is 5.57 Å². The zero-order valence-corrected chi connectivity index (χ0v) is 9.76. The second-order valence-electron chi connectivity index (χ2n) is 2.84. The van der Waals surface area contributed by atoms with Gasteiger partial charge in [-0.2, -0.15) is 0 Å². The zero-order valence-electron chi connectivity index (χ0n) is 9.76. The maximum atomic E-state index is 12.6. The van der Waals surface area contributed by atoms with Gasteiger partial charge < -0.3 is 0 Å². The predicted octanol–water partition coefficient (Wildman–Crippen LogP) is 4.83. The standard InChI is InChI=1S/C12H13F.C2H6/c1-3-4-5-10(2)11-6-8-12(13)9-7-11;1-2/h4-9H,2-3H2,1H3;1-2H3/b5-4+;. The van der Waals surface area contributed by atoms with Crippen molar-refractivity contribution >= 4 is 5.57 Å². The fraction of sp³-hybridized carbons (Fsp3) is 0.286. The van der Waals surface area contributed by atoms with Crippen LogP contribution in [-0.2, 0) is 0 Å². The van der Waals surface area contributed by atoms with E-state index in [1.54, 1.807) is 12.1 Å². The summed E-state index contributed by atoms with van der Waals surface area (Å²) in [4.78, 5) is 0. The van der Waals surface area contributed by atoms with E-state index in [2.05, 4.69) is 13.5 Å². The van der Waals surface area contributed by atoms with Crippen LogP contribution >= 0.6 is 0 Å². The molecule has 0 radical (unpaired) electrons. The lowest BCUT2D eigenvalue weighted by molar-refractivity contribution is 0.627. The molecule has 15 heavy (non-hydrogen) atoms. The Bertz CT molecular complexity index is 307. The molecular weight excluding hydrogens is 187 g/mol. The van der Waals surface area contributed by atoms with E-state index in [9.17, 15) is 4.39 Å². The van der Waals surface area contributed by atoms with Crippen LogP contribution in [0.2, 0.25) is 0 Å². The SMILES string of the molecule is C=C(/C=C/CC)c1ccc(F)cc1.CC. The van der Waals surface area contributed by atoms with Gasteiger partial charge >= 0.3 is 0 Å².